The number of halogens is 1. The van der Waals surface area contributed by atoms with Crippen LogP contribution in [0.25, 0.3) is 0 Å². The quantitative estimate of drug-likeness (QED) is 0.723. The van der Waals surface area contributed by atoms with E-state index in [4.69, 9.17) is 11.6 Å². The van der Waals surface area contributed by atoms with Crippen molar-refractivity contribution in [3.63, 3.8) is 0 Å². The van der Waals surface area contributed by atoms with E-state index in [1.807, 2.05) is 6.07 Å². The van der Waals surface area contributed by atoms with Crippen molar-refractivity contribution in [1.82, 2.24) is 5.32 Å². The maximum atomic E-state index is 11.6. The zero-order chi connectivity index (χ0) is 13.4. The summed E-state index contributed by atoms with van der Waals surface area (Å²) in [4.78, 5) is 12.9. The minimum absolute atomic E-state index is 0.0474. The van der Waals surface area contributed by atoms with Gasteiger partial charge in [-0.2, -0.15) is 0 Å². The Hall–Kier alpha value is -0.540. The first kappa shape index (κ1) is 15.5. The van der Waals surface area contributed by atoms with Crippen LogP contribution in [-0.4, -0.2) is 17.8 Å². The highest BCUT2D eigenvalue weighted by atomic mass is 35.5. The third-order valence-electron chi connectivity index (χ3n) is 2.65. The molecule has 1 unspecified atom stereocenters. The van der Waals surface area contributed by atoms with Gasteiger partial charge in [0.15, 0.2) is 0 Å². The largest absolute Gasteiger partial charge is 0.355 e. The maximum absolute atomic E-state index is 11.6. The molecule has 1 heterocycles. The second-order valence-corrected chi connectivity index (χ2v) is 6.61. The summed E-state index contributed by atoms with van der Waals surface area (Å²) < 4.78 is 0. The van der Waals surface area contributed by atoms with Crippen molar-refractivity contribution in [2.75, 3.05) is 6.54 Å². The van der Waals surface area contributed by atoms with E-state index in [1.165, 1.54) is 4.88 Å². The number of nitrogens with one attached hydrogen (secondary N) is 1. The SMILES string of the molecule is CC(C)CC(Cl)CNC(=O)CCCc1cccs1. The van der Waals surface area contributed by atoms with E-state index in [0.29, 0.717) is 18.9 Å². The van der Waals surface area contributed by atoms with Crippen LogP contribution in [-0.2, 0) is 11.2 Å². The molecule has 0 saturated carbocycles. The van der Waals surface area contributed by atoms with Gasteiger partial charge in [-0.25, -0.2) is 0 Å². The molecule has 0 saturated heterocycles. The number of hydrogen-bond acceptors (Lipinski definition) is 2. The van der Waals surface area contributed by atoms with Crippen LogP contribution in [0.5, 0.6) is 0 Å². The molecule has 1 amide bonds. The number of carbonyl (C=O) groups excluding carboxylic acids is 1. The zero-order valence-electron chi connectivity index (χ0n) is 11.1. The standard InChI is InChI=1S/C14H22ClNOS/c1-11(2)9-12(15)10-16-14(17)7-3-5-13-6-4-8-18-13/h4,6,8,11-12H,3,5,7,9-10H2,1-2H3,(H,16,17). The average molecular weight is 288 g/mol. The summed E-state index contributed by atoms with van der Waals surface area (Å²) in [6.07, 6.45) is 3.42. The summed E-state index contributed by atoms with van der Waals surface area (Å²) in [5, 5.41) is 5.02. The Kier molecular flexibility index (Phi) is 7.36. The number of aryl methyl sites for hydroxylation is 1. The fourth-order valence-electron chi connectivity index (χ4n) is 1.79. The molecule has 1 N–H and O–H groups in total. The summed E-state index contributed by atoms with van der Waals surface area (Å²) in [5.41, 5.74) is 0. The Morgan fingerprint density at radius 2 is 2.28 bits per heavy atom. The van der Waals surface area contributed by atoms with Crippen molar-refractivity contribution in [3.8, 4) is 0 Å². The van der Waals surface area contributed by atoms with E-state index < -0.39 is 0 Å². The lowest BCUT2D eigenvalue weighted by Gasteiger charge is -2.12. The van der Waals surface area contributed by atoms with Crippen LogP contribution >= 0.6 is 22.9 Å². The number of hydrogen-bond donors (Lipinski definition) is 1. The molecule has 0 aromatic carbocycles. The highest BCUT2D eigenvalue weighted by Crippen LogP contribution is 2.12. The minimum Gasteiger partial charge on any atom is -0.355 e. The molecule has 1 atom stereocenters. The van der Waals surface area contributed by atoms with E-state index in [-0.39, 0.29) is 11.3 Å². The summed E-state index contributed by atoms with van der Waals surface area (Å²) in [5.74, 6) is 0.684. The lowest BCUT2D eigenvalue weighted by Crippen LogP contribution is -2.30. The first-order valence-corrected chi connectivity index (χ1v) is 7.82. The van der Waals surface area contributed by atoms with Crippen molar-refractivity contribution in [1.29, 1.82) is 0 Å². The normalized spacial score (nSPS) is 12.7. The van der Waals surface area contributed by atoms with Gasteiger partial charge in [0.2, 0.25) is 5.91 Å². The monoisotopic (exact) mass is 287 g/mol. The second kappa shape index (κ2) is 8.54. The molecule has 1 aromatic heterocycles. The van der Waals surface area contributed by atoms with Crippen molar-refractivity contribution in [2.24, 2.45) is 5.92 Å². The van der Waals surface area contributed by atoms with Gasteiger partial charge in [-0.1, -0.05) is 19.9 Å². The Labute approximate surface area is 119 Å². The van der Waals surface area contributed by atoms with Crippen LogP contribution in [0.3, 0.4) is 0 Å². The molecular formula is C14H22ClNOS. The van der Waals surface area contributed by atoms with Gasteiger partial charge in [-0.05, 0) is 36.6 Å². The van der Waals surface area contributed by atoms with E-state index in [2.05, 4.69) is 30.6 Å². The first-order valence-electron chi connectivity index (χ1n) is 6.51. The molecule has 1 aromatic rings. The van der Waals surface area contributed by atoms with Crippen molar-refractivity contribution in [2.45, 2.75) is 44.9 Å². The number of thiophene rings is 1. The number of amides is 1. The van der Waals surface area contributed by atoms with Crippen LogP contribution in [0.15, 0.2) is 17.5 Å². The van der Waals surface area contributed by atoms with Gasteiger partial charge in [0.05, 0.1) is 5.38 Å². The van der Waals surface area contributed by atoms with Gasteiger partial charge in [0.25, 0.3) is 0 Å². The molecular weight excluding hydrogens is 266 g/mol. The molecule has 0 aliphatic heterocycles. The minimum atomic E-state index is 0.0474. The number of alkyl halides is 1. The molecule has 0 radical (unpaired) electrons. The van der Waals surface area contributed by atoms with Gasteiger partial charge in [0, 0.05) is 17.8 Å². The van der Waals surface area contributed by atoms with Crippen LogP contribution in [0.1, 0.15) is 38.0 Å². The van der Waals surface area contributed by atoms with Gasteiger partial charge < -0.3 is 5.32 Å². The predicted molar refractivity (Wildman–Crippen MR) is 79.4 cm³/mol. The molecule has 2 nitrogen and oxygen atoms in total. The van der Waals surface area contributed by atoms with Gasteiger partial charge >= 0.3 is 0 Å². The average Bonchev–Trinajstić information content (AvgIpc) is 2.78. The Morgan fingerprint density at radius 1 is 1.50 bits per heavy atom. The molecule has 1 rings (SSSR count). The summed E-state index contributed by atoms with van der Waals surface area (Å²) in [6, 6.07) is 4.16. The van der Waals surface area contributed by atoms with E-state index in [1.54, 1.807) is 11.3 Å². The van der Waals surface area contributed by atoms with Gasteiger partial charge in [-0.15, -0.1) is 22.9 Å². The molecule has 0 bridgehead atoms. The number of carbonyl (C=O) groups is 1. The molecule has 0 fully saturated rings. The summed E-state index contributed by atoms with van der Waals surface area (Å²) >= 11 is 7.87. The lowest BCUT2D eigenvalue weighted by atomic mass is 10.1. The fourth-order valence-corrected chi connectivity index (χ4v) is 2.97. The van der Waals surface area contributed by atoms with Crippen molar-refractivity contribution in [3.05, 3.63) is 22.4 Å². The highest BCUT2D eigenvalue weighted by molar-refractivity contribution is 7.09. The van der Waals surface area contributed by atoms with Crippen molar-refractivity contribution < 1.29 is 4.79 Å². The first-order chi connectivity index (χ1) is 8.58. The zero-order valence-corrected chi connectivity index (χ0v) is 12.7. The van der Waals surface area contributed by atoms with Crippen LogP contribution < -0.4 is 5.32 Å². The third-order valence-corrected chi connectivity index (χ3v) is 3.92. The molecule has 0 aliphatic carbocycles. The third kappa shape index (κ3) is 7.02. The summed E-state index contributed by atoms with van der Waals surface area (Å²) in [7, 11) is 0. The van der Waals surface area contributed by atoms with Crippen molar-refractivity contribution >= 4 is 28.8 Å². The summed E-state index contributed by atoms with van der Waals surface area (Å²) in [6.45, 7) is 4.86. The van der Waals surface area contributed by atoms with Gasteiger partial charge in [0.1, 0.15) is 0 Å². The highest BCUT2D eigenvalue weighted by Gasteiger charge is 2.09. The molecule has 4 heteroatoms. The second-order valence-electron chi connectivity index (χ2n) is 4.96. The Morgan fingerprint density at radius 3 is 2.89 bits per heavy atom. The predicted octanol–water partition coefficient (Wildman–Crippen LogP) is 3.84. The Balaban J connectivity index is 2.07. The van der Waals surface area contributed by atoms with Crippen LogP contribution in [0.2, 0.25) is 0 Å². The fraction of sp³-hybridized carbons (Fsp3) is 0.643. The Bertz CT molecular complexity index is 338. The van der Waals surface area contributed by atoms with E-state index in [0.717, 1.165) is 19.3 Å². The number of rotatable bonds is 8. The van der Waals surface area contributed by atoms with Gasteiger partial charge in [-0.3, -0.25) is 4.79 Å². The van der Waals surface area contributed by atoms with Crippen LogP contribution in [0, 0.1) is 5.92 Å². The molecule has 18 heavy (non-hydrogen) atoms. The smallest absolute Gasteiger partial charge is 0.220 e. The molecule has 0 aliphatic rings. The topological polar surface area (TPSA) is 29.1 Å². The van der Waals surface area contributed by atoms with E-state index in [9.17, 15) is 4.79 Å². The van der Waals surface area contributed by atoms with E-state index >= 15 is 0 Å². The maximum Gasteiger partial charge on any atom is 0.220 e. The molecule has 0 spiro atoms. The van der Waals surface area contributed by atoms with Crippen LogP contribution in [0.4, 0.5) is 0 Å². The molecule has 102 valence electrons. The lowest BCUT2D eigenvalue weighted by molar-refractivity contribution is -0.121.